The van der Waals surface area contributed by atoms with Crippen molar-refractivity contribution in [3.63, 3.8) is 0 Å². The van der Waals surface area contributed by atoms with E-state index in [0.717, 1.165) is 31.9 Å². The molecule has 8 nitrogen and oxygen atoms in total. The monoisotopic (exact) mass is 404 g/mol. The van der Waals surface area contributed by atoms with E-state index >= 15 is 0 Å². The van der Waals surface area contributed by atoms with Gasteiger partial charge in [0.25, 0.3) is 0 Å². The van der Waals surface area contributed by atoms with Gasteiger partial charge in [0, 0.05) is 38.3 Å². The average molecular weight is 405 g/mol. The summed E-state index contributed by atoms with van der Waals surface area (Å²) < 4.78 is 10.9. The van der Waals surface area contributed by atoms with Crippen LogP contribution in [0.4, 0.5) is 5.69 Å². The van der Waals surface area contributed by atoms with Crippen LogP contribution in [0.2, 0.25) is 0 Å². The maximum absolute atomic E-state index is 12.1. The van der Waals surface area contributed by atoms with Gasteiger partial charge in [-0.3, -0.25) is 9.59 Å². The molecule has 0 saturated carbocycles. The van der Waals surface area contributed by atoms with Gasteiger partial charge in [0.1, 0.15) is 12.4 Å². The van der Waals surface area contributed by atoms with Crippen LogP contribution in [-0.4, -0.2) is 62.1 Å². The Labute approximate surface area is 172 Å². The van der Waals surface area contributed by atoms with Gasteiger partial charge >= 0.3 is 5.97 Å². The topological polar surface area (TPSA) is 92.3 Å². The first-order valence-electron chi connectivity index (χ1n) is 10.2. The maximum Gasteiger partial charge on any atom is 0.310 e. The van der Waals surface area contributed by atoms with Gasteiger partial charge in [0.2, 0.25) is 5.91 Å². The third kappa shape index (κ3) is 7.63. The number of hydrogen-bond acceptors (Lipinski definition) is 5. The van der Waals surface area contributed by atoms with Crippen molar-refractivity contribution in [1.29, 1.82) is 0 Å². The number of carbonyl (C=O) groups is 2. The smallest absolute Gasteiger partial charge is 0.310 e. The molecule has 1 aromatic carbocycles. The van der Waals surface area contributed by atoms with Crippen LogP contribution in [0.1, 0.15) is 33.6 Å². The number of carbonyl (C=O) groups excluding carboxylic acids is 2. The second kappa shape index (κ2) is 11.9. The zero-order valence-corrected chi connectivity index (χ0v) is 17.6. The quantitative estimate of drug-likeness (QED) is 0.299. The summed E-state index contributed by atoms with van der Waals surface area (Å²) in [6.45, 7) is 8.84. The summed E-state index contributed by atoms with van der Waals surface area (Å²) in [6.07, 6.45) is 1.78. The van der Waals surface area contributed by atoms with E-state index in [1.54, 1.807) is 6.07 Å². The molecule has 29 heavy (non-hydrogen) atoms. The molecule has 1 atom stereocenters. The highest BCUT2D eigenvalue weighted by Crippen LogP contribution is 2.19. The lowest BCUT2D eigenvalue weighted by molar-refractivity contribution is -0.149. The zero-order valence-electron chi connectivity index (χ0n) is 17.6. The molecule has 0 radical (unpaired) electrons. The second-order valence-corrected chi connectivity index (χ2v) is 6.83. The first-order chi connectivity index (χ1) is 14.0. The number of rotatable bonds is 8. The number of guanidine groups is 1. The van der Waals surface area contributed by atoms with Crippen LogP contribution >= 0.6 is 0 Å². The lowest BCUT2D eigenvalue weighted by Gasteiger charge is -2.34. The third-order valence-corrected chi connectivity index (χ3v) is 4.45. The molecule has 1 heterocycles. The Balaban J connectivity index is 1.90. The number of benzene rings is 1. The normalized spacial score (nSPS) is 16.9. The standard InChI is InChI=1S/C21H32N4O4/c1-4-22-21(25-12-7-8-17(15-25)20(27)28-5-2)23-11-13-29-19-10-6-9-18(14-19)24-16(3)26/h6,9-10,14,17H,4-5,7-8,11-13,15H2,1-3H3,(H,22,23)(H,24,26). The Kier molecular flexibility index (Phi) is 9.27. The molecule has 160 valence electrons. The predicted octanol–water partition coefficient (Wildman–Crippen LogP) is 2.26. The Morgan fingerprint density at radius 3 is 2.86 bits per heavy atom. The predicted molar refractivity (Wildman–Crippen MR) is 113 cm³/mol. The van der Waals surface area contributed by atoms with Gasteiger partial charge < -0.3 is 25.0 Å². The number of piperidine rings is 1. The SMILES string of the molecule is CCNC(=NCCOc1cccc(NC(C)=O)c1)N1CCCC(C(=O)OCC)C1. The van der Waals surface area contributed by atoms with Gasteiger partial charge in [0.15, 0.2) is 5.96 Å². The van der Waals surface area contributed by atoms with Crippen molar-refractivity contribution in [2.75, 3.05) is 44.7 Å². The van der Waals surface area contributed by atoms with Crippen LogP contribution in [0, 0.1) is 5.92 Å². The van der Waals surface area contributed by atoms with Gasteiger partial charge in [-0.25, -0.2) is 4.99 Å². The number of hydrogen-bond donors (Lipinski definition) is 2. The summed E-state index contributed by atoms with van der Waals surface area (Å²) in [7, 11) is 0. The van der Waals surface area contributed by atoms with Crippen molar-refractivity contribution in [3.05, 3.63) is 24.3 Å². The molecule has 1 fully saturated rings. The first kappa shape index (κ1) is 22.5. The Hall–Kier alpha value is -2.77. The molecule has 2 N–H and O–H groups in total. The second-order valence-electron chi connectivity index (χ2n) is 6.83. The Morgan fingerprint density at radius 1 is 1.31 bits per heavy atom. The molecule has 0 aromatic heterocycles. The molecule has 8 heteroatoms. The van der Waals surface area contributed by atoms with E-state index in [-0.39, 0.29) is 17.8 Å². The fourth-order valence-corrected chi connectivity index (χ4v) is 3.23. The van der Waals surface area contributed by atoms with Crippen LogP contribution in [0.5, 0.6) is 5.75 Å². The number of nitrogens with one attached hydrogen (secondary N) is 2. The number of esters is 1. The highest BCUT2D eigenvalue weighted by atomic mass is 16.5. The minimum Gasteiger partial charge on any atom is -0.492 e. The van der Waals surface area contributed by atoms with Gasteiger partial charge in [-0.2, -0.15) is 0 Å². The lowest BCUT2D eigenvalue weighted by atomic mass is 9.98. The molecule has 1 amide bonds. The number of ether oxygens (including phenoxy) is 2. The fraction of sp³-hybridized carbons (Fsp3) is 0.571. The van der Waals surface area contributed by atoms with Gasteiger partial charge in [-0.1, -0.05) is 6.07 Å². The van der Waals surface area contributed by atoms with Crippen LogP contribution < -0.4 is 15.4 Å². The van der Waals surface area contributed by atoms with E-state index in [1.807, 2.05) is 32.0 Å². The molecule has 1 aromatic rings. The minimum absolute atomic E-state index is 0.111. The van der Waals surface area contributed by atoms with Gasteiger partial charge in [-0.15, -0.1) is 0 Å². The van der Waals surface area contributed by atoms with Crippen molar-refractivity contribution in [2.24, 2.45) is 10.9 Å². The molecule has 2 rings (SSSR count). The molecular formula is C21H32N4O4. The largest absolute Gasteiger partial charge is 0.492 e. The highest BCUT2D eigenvalue weighted by molar-refractivity contribution is 5.88. The number of nitrogens with zero attached hydrogens (tertiary/aromatic N) is 2. The summed E-state index contributed by atoms with van der Waals surface area (Å²) in [4.78, 5) is 30.0. The Morgan fingerprint density at radius 2 is 2.14 bits per heavy atom. The summed E-state index contributed by atoms with van der Waals surface area (Å²) >= 11 is 0. The summed E-state index contributed by atoms with van der Waals surface area (Å²) in [5.74, 6) is 1.11. The van der Waals surface area contributed by atoms with Gasteiger partial charge in [0.05, 0.1) is 19.1 Å². The van der Waals surface area contributed by atoms with E-state index in [4.69, 9.17) is 9.47 Å². The lowest BCUT2D eigenvalue weighted by Crippen LogP contribution is -2.48. The maximum atomic E-state index is 12.1. The average Bonchev–Trinajstić information content (AvgIpc) is 2.70. The zero-order chi connectivity index (χ0) is 21.1. The van der Waals surface area contributed by atoms with Crippen molar-refractivity contribution in [2.45, 2.75) is 33.6 Å². The van der Waals surface area contributed by atoms with Crippen LogP contribution in [0.15, 0.2) is 29.3 Å². The molecule has 0 bridgehead atoms. The Bertz CT molecular complexity index is 708. The molecule has 0 aliphatic carbocycles. The summed E-state index contributed by atoms with van der Waals surface area (Å²) in [5, 5.41) is 6.03. The number of anilines is 1. The molecule has 1 aliphatic heterocycles. The molecular weight excluding hydrogens is 372 g/mol. The summed E-state index contributed by atoms with van der Waals surface area (Å²) in [5.41, 5.74) is 0.699. The van der Waals surface area contributed by atoms with Crippen molar-refractivity contribution < 1.29 is 19.1 Å². The number of likely N-dealkylation sites (tertiary alicyclic amines) is 1. The van der Waals surface area contributed by atoms with Gasteiger partial charge in [-0.05, 0) is 38.8 Å². The number of amides is 1. The molecule has 1 aliphatic rings. The van der Waals surface area contributed by atoms with Crippen molar-refractivity contribution in [3.8, 4) is 5.75 Å². The van der Waals surface area contributed by atoms with E-state index in [9.17, 15) is 9.59 Å². The van der Waals surface area contributed by atoms with E-state index in [0.29, 0.717) is 37.7 Å². The van der Waals surface area contributed by atoms with Crippen molar-refractivity contribution in [1.82, 2.24) is 10.2 Å². The first-order valence-corrected chi connectivity index (χ1v) is 10.2. The van der Waals surface area contributed by atoms with Crippen molar-refractivity contribution >= 4 is 23.5 Å². The number of aliphatic imine (C=N–C) groups is 1. The van der Waals surface area contributed by atoms with Crippen LogP contribution in [0.25, 0.3) is 0 Å². The van der Waals surface area contributed by atoms with E-state index in [2.05, 4.69) is 20.5 Å². The van der Waals surface area contributed by atoms with E-state index in [1.165, 1.54) is 6.92 Å². The minimum atomic E-state index is -0.129. The third-order valence-electron chi connectivity index (χ3n) is 4.45. The fourth-order valence-electron chi connectivity index (χ4n) is 3.23. The van der Waals surface area contributed by atoms with E-state index < -0.39 is 0 Å². The van der Waals surface area contributed by atoms with Crippen LogP contribution in [-0.2, 0) is 14.3 Å². The molecule has 0 spiro atoms. The highest BCUT2D eigenvalue weighted by Gasteiger charge is 2.28. The van der Waals surface area contributed by atoms with Crippen LogP contribution in [0.3, 0.4) is 0 Å². The summed E-state index contributed by atoms with van der Waals surface area (Å²) in [6, 6.07) is 7.27. The molecule has 1 saturated heterocycles. The molecule has 1 unspecified atom stereocenters.